The maximum Gasteiger partial charge on any atom is 0.145 e. The highest BCUT2D eigenvalue weighted by Gasteiger charge is 2.19. The lowest BCUT2D eigenvalue weighted by atomic mass is 10.2. The highest BCUT2D eigenvalue weighted by molar-refractivity contribution is 5.79. The zero-order chi connectivity index (χ0) is 18.2. The lowest BCUT2D eigenvalue weighted by Crippen LogP contribution is -2.46. The van der Waals surface area contributed by atoms with E-state index in [1.807, 2.05) is 30.5 Å². The molecule has 0 amide bonds. The third-order valence-corrected chi connectivity index (χ3v) is 4.66. The molecule has 1 heterocycles. The van der Waals surface area contributed by atoms with E-state index in [4.69, 9.17) is 4.74 Å². The first-order valence-electron chi connectivity index (χ1n) is 9.12. The number of ether oxygens (including phenoxy) is 1. The molecule has 3 rings (SSSR count). The van der Waals surface area contributed by atoms with Gasteiger partial charge in [0.1, 0.15) is 11.6 Å². The fourth-order valence-corrected chi connectivity index (χ4v) is 3.22. The van der Waals surface area contributed by atoms with Gasteiger partial charge < -0.3 is 9.64 Å². The molecule has 0 atom stereocenters. The van der Waals surface area contributed by atoms with Crippen LogP contribution in [-0.4, -0.2) is 57.5 Å². The zero-order valence-electron chi connectivity index (χ0n) is 15.3. The summed E-state index contributed by atoms with van der Waals surface area (Å²) in [4.78, 5) is 9.23. The largest absolute Gasteiger partial charge is 0.494 e. The molecule has 0 bridgehead atoms. The normalized spacial score (nSPS) is 15.5. The first-order chi connectivity index (χ1) is 12.8. The van der Waals surface area contributed by atoms with Crippen LogP contribution in [0.2, 0.25) is 0 Å². The average molecular weight is 355 g/mol. The Labute approximate surface area is 154 Å². The van der Waals surface area contributed by atoms with Gasteiger partial charge in [0, 0.05) is 51.5 Å². The number of hydrogen-bond donors (Lipinski definition) is 0. The minimum Gasteiger partial charge on any atom is -0.494 e. The number of aliphatic imine (C=N–C) groups is 1. The second-order valence-corrected chi connectivity index (χ2v) is 6.44. The maximum absolute atomic E-state index is 13.4. The smallest absolute Gasteiger partial charge is 0.145 e. The van der Waals surface area contributed by atoms with Crippen molar-refractivity contribution in [1.82, 2.24) is 4.90 Å². The summed E-state index contributed by atoms with van der Waals surface area (Å²) < 4.78 is 18.7. The van der Waals surface area contributed by atoms with E-state index in [1.54, 1.807) is 7.11 Å². The Bertz CT molecular complexity index is 712. The highest BCUT2D eigenvalue weighted by Crippen LogP contribution is 2.29. The standard InChI is InChI=1S/C21H26FN3O/c1-26-21-16-19(22)8-9-20(21)25-14-12-24(13-15-25)11-5-10-23-17-18-6-3-2-4-7-18/h2-4,6-9,16-17H,5,10-15H2,1H3. The van der Waals surface area contributed by atoms with E-state index >= 15 is 0 Å². The first kappa shape index (κ1) is 18.4. The summed E-state index contributed by atoms with van der Waals surface area (Å²) in [5.74, 6) is 0.342. The van der Waals surface area contributed by atoms with Crippen molar-refractivity contribution >= 4 is 11.9 Å². The Morgan fingerprint density at radius 2 is 1.85 bits per heavy atom. The molecule has 2 aromatic rings. The van der Waals surface area contributed by atoms with Crippen LogP contribution in [0.15, 0.2) is 53.5 Å². The fraction of sp³-hybridized carbons (Fsp3) is 0.381. The molecule has 26 heavy (non-hydrogen) atoms. The van der Waals surface area contributed by atoms with Gasteiger partial charge in [-0.15, -0.1) is 0 Å². The molecule has 4 nitrogen and oxygen atoms in total. The van der Waals surface area contributed by atoms with Gasteiger partial charge >= 0.3 is 0 Å². The molecule has 0 radical (unpaired) electrons. The van der Waals surface area contributed by atoms with Gasteiger partial charge in [0.2, 0.25) is 0 Å². The number of nitrogens with zero attached hydrogens (tertiary/aromatic N) is 3. The van der Waals surface area contributed by atoms with Crippen molar-refractivity contribution in [3.63, 3.8) is 0 Å². The Morgan fingerprint density at radius 3 is 2.58 bits per heavy atom. The molecule has 0 aromatic heterocycles. The van der Waals surface area contributed by atoms with Gasteiger partial charge in [-0.2, -0.15) is 0 Å². The van der Waals surface area contributed by atoms with Crippen molar-refractivity contribution in [2.75, 3.05) is 51.3 Å². The number of rotatable bonds is 7. The number of benzene rings is 2. The number of halogens is 1. The highest BCUT2D eigenvalue weighted by atomic mass is 19.1. The predicted octanol–water partition coefficient (Wildman–Crippen LogP) is 3.47. The first-order valence-corrected chi connectivity index (χ1v) is 9.12. The second-order valence-electron chi connectivity index (χ2n) is 6.44. The summed E-state index contributed by atoms with van der Waals surface area (Å²) in [5, 5.41) is 0. The van der Waals surface area contributed by atoms with Gasteiger partial charge in [0.25, 0.3) is 0 Å². The Kier molecular flexibility index (Phi) is 6.61. The topological polar surface area (TPSA) is 28.1 Å². The molecule has 0 spiro atoms. The average Bonchev–Trinajstić information content (AvgIpc) is 2.69. The molecule has 1 aliphatic heterocycles. The van der Waals surface area contributed by atoms with Crippen molar-refractivity contribution in [2.24, 2.45) is 4.99 Å². The van der Waals surface area contributed by atoms with Crippen LogP contribution in [0, 0.1) is 5.82 Å². The Hall–Kier alpha value is -2.40. The van der Waals surface area contributed by atoms with E-state index in [1.165, 1.54) is 12.1 Å². The minimum absolute atomic E-state index is 0.264. The lowest BCUT2D eigenvalue weighted by Gasteiger charge is -2.36. The SMILES string of the molecule is COc1cc(F)ccc1N1CCN(CCCN=Cc2ccccc2)CC1. The van der Waals surface area contributed by atoms with E-state index < -0.39 is 0 Å². The summed E-state index contributed by atoms with van der Waals surface area (Å²) in [6.45, 7) is 5.76. The van der Waals surface area contributed by atoms with Gasteiger partial charge in [-0.1, -0.05) is 30.3 Å². The van der Waals surface area contributed by atoms with E-state index in [0.717, 1.165) is 56.9 Å². The molecule has 1 fully saturated rings. The van der Waals surface area contributed by atoms with Crippen LogP contribution in [0.25, 0.3) is 0 Å². The summed E-state index contributed by atoms with van der Waals surface area (Å²) in [6.07, 6.45) is 3.00. The van der Waals surface area contributed by atoms with Crippen LogP contribution in [-0.2, 0) is 0 Å². The van der Waals surface area contributed by atoms with Crippen LogP contribution in [0.5, 0.6) is 5.75 Å². The van der Waals surface area contributed by atoms with Gasteiger partial charge in [-0.05, 0) is 24.1 Å². The van der Waals surface area contributed by atoms with Crippen molar-refractivity contribution < 1.29 is 9.13 Å². The number of hydrogen-bond acceptors (Lipinski definition) is 4. The molecule has 2 aromatic carbocycles. The molecular formula is C21H26FN3O. The van der Waals surface area contributed by atoms with Crippen LogP contribution in [0.3, 0.4) is 0 Å². The quantitative estimate of drug-likeness (QED) is 0.562. The summed E-state index contributed by atoms with van der Waals surface area (Å²) in [7, 11) is 1.59. The number of piperazine rings is 1. The van der Waals surface area contributed by atoms with Crippen molar-refractivity contribution in [1.29, 1.82) is 0 Å². The van der Waals surface area contributed by atoms with E-state index in [0.29, 0.717) is 5.75 Å². The van der Waals surface area contributed by atoms with Gasteiger partial charge in [-0.3, -0.25) is 9.89 Å². The van der Waals surface area contributed by atoms with Gasteiger partial charge in [0.15, 0.2) is 0 Å². The van der Waals surface area contributed by atoms with E-state index in [9.17, 15) is 4.39 Å². The minimum atomic E-state index is -0.264. The fourth-order valence-electron chi connectivity index (χ4n) is 3.22. The molecule has 1 aliphatic rings. The van der Waals surface area contributed by atoms with Crippen LogP contribution < -0.4 is 9.64 Å². The monoisotopic (exact) mass is 355 g/mol. The summed E-state index contributed by atoms with van der Waals surface area (Å²) >= 11 is 0. The summed E-state index contributed by atoms with van der Waals surface area (Å²) in [5.41, 5.74) is 2.12. The van der Waals surface area contributed by atoms with Crippen molar-refractivity contribution in [3.8, 4) is 5.75 Å². The van der Waals surface area contributed by atoms with Gasteiger partial charge in [-0.25, -0.2) is 4.39 Å². The van der Waals surface area contributed by atoms with Crippen LogP contribution in [0.1, 0.15) is 12.0 Å². The Balaban J connectivity index is 1.41. The third kappa shape index (κ3) is 5.05. The molecule has 0 aliphatic carbocycles. The van der Waals surface area contributed by atoms with E-state index in [-0.39, 0.29) is 5.82 Å². The van der Waals surface area contributed by atoms with Crippen molar-refractivity contribution in [2.45, 2.75) is 6.42 Å². The second kappa shape index (κ2) is 9.34. The third-order valence-electron chi connectivity index (χ3n) is 4.66. The molecular weight excluding hydrogens is 329 g/mol. The molecule has 1 saturated heterocycles. The van der Waals surface area contributed by atoms with Crippen LogP contribution in [0.4, 0.5) is 10.1 Å². The molecule has 138 valence electrons. The lowest BCUT2D eigenvalue weighted by molar-refractivity contribution is 0.255. The van der Waals surface area contributed by atoms with Crippen LogP contribution >= 0.6 is 0 Å². The van der Waals surface area contributed by atoms with E-state index in [2.05, 4.69) is 26.9 Å². The molecule has 0 N–H and O–H groups in total. The number of methoxy groups -OCH3 is 1. The maximum atomic E-state index is 13.4. The molecule has 0 saturated carbocycles. The van der Waals surface area contributed by atoms with Crippen molar-refractivity contribution in [3.05, 3.63) is 59.9 Å². The van der Waals surface area contributed by atoms with Gasteiger partial charge in [0.05, 0.1) is 12.8 Å². The summed E-state index contributed by atoms with van der Waals surface area (Å²) in [6, 6.07) is 14.9. The predicted molar refractivity (Wildman–Crippen MR) is 105 cm³/mol. The Morgan fingerprint density at radius 1 is 1.08 bits per heavy atom. The number of anilines is 1. The molecule has 0 unspecified atom stereocenters. The molecule has 5 heteroatoms. The zero-order valence-corrected chi connectivity index (χ0v) is 15.3.